The molecule has 4 heteroatoms. The Bertz CT molecular complexity index is 718. The Morgan fingerprint density at radius 2 is 1.95 bits per heavy atom. The molecule has 3 aromatic rings. The largest absolute Gasteiger partial charge is 0.330 e. The Balaban J connectivity index is 2.26. The lowest BCUT2D eigenvalue weighted by Gasteiger charge is -2.11. The number of hydrogen-bond donors (Lipinski definition) is 1. The van der Waals surface area contributed by atoms with Crippen molar-refractivity contribution in [1.82, 2.24) is 9.78 Å². The van der Waals surface area contributed by atoms with Crippen molar-refractivity contribution in [2.45, 2.75) is 6.42 Å². The fraction of sp³-hybridized carbons (Fsp3) is 0.133. The second kappa shape index (κ2) is 4.82. The highest BCUT2D eigenvalue weighted by molar-refractivity contribution is 5.80. The second-order valence-electron chi connectivity index (χ2n) is 4.40. The lowest BCUT2D eigenvalue weighted by atomic mass is 10.1. The molecule has 0 aliphatic carbocycles. The normalized spacial score (nSPS) is 11.1. The monoisotopic (exact) mass is 255 g/mol. The zero-order chi connectivity index (χ0) is 13.2. The molecule has 1 heterocycles. The van der Waals surface area contributed by atoms with E-state index in [1.165, 1.54) is 6.07 Å². The first-order chi connectivity index (χ1) is 9.31. The Kier molecular flexibility index (Phi) is 3.01. The summed E-state index contributed by atoms with van der Waals surface area (Å²) in [6, 6.07) is 12.8. The van der Waals surface area contributed by atoms with Crippen LogP contribution in [0.3, 0.4) is 0 Å². The molecule has 0 fully saturated rings. The zero-order valence-electron chi connectivity index (χ0n) is 10.4. The first-order valence-electron chi connectivity index (χ1n) is 6.22. The lowest BCUT2D eigenvalue weighted by Crippen LogP contribution is -2.09. The number of benzene rings is 2. The standard InChI is InChI=1S/C15H14FN3/c16-13-6-3-5-11(8-9-17)15(13)19-14-7-2-1-4-12(14)10-18-19/h1-7,10H,8-9,17H2. The highest BCUT2D eigenvalue weighted by Crippen LogP contribution is 2.23. The number of rotatable bonds is 3. The fourth-order valence-corrected chi connectivity index (χ4v) is 2.30. The van der Waals surface area contributed by atoms with Crippen LogP contribution in [0.4, 0.5) is 4.39 Å². The Morgan fingerprint density at radius 3 is 2.79 bits per heavy atom. The lowest BCUT2D eigenvalue weighted by molar-refractivity contribution is 0.609. The minimum absolute atomic E-state index is 0.278. The van der Waals surface area contributed by atoms with Crippen LogP contribution in [0.5, 0.6) is 0 Å². The average Bonchev–Trinajstić information content (AvgIpc) is 2.83. The Hall–Kier alpha value is -2.20. The van der Waals surface area contributed by atoms with Crippen LogP contribution in [0.2, 0.25) is 0 Å². The highest BCUT2D eigenvalue weighted by Gasteiger charge is 2.13. The third kappa shape index (κ3) is 2.00. The number of halogens is 1. The molecular weight excluding hydrogens is 241 g/mol. The van der Waals surface area contributed by atoms with E-state index in [2.05, 4.69) is 5.10 Å². The molecule has 3 nitrogen and oxygen atoms in total. The van der Waals surface area contributed by atoms with E-state index in [1.807, 2.05) is 30.3 Å². The summed E-state index contributed by atoms with van der Waals surface area (Å²) in [6.45, 7) is 0.482. The summed E-state index contributed by atoms with van der Waals surface area (Å²) in [6.07, 6.45) is 2.37. The van der Waals surface area contributed by atoms with E-state index >= 15 is 0 Å². The van der Waals surface area contributed by atoms with Crippen LogP contribution in [0.15, 0.2) is 48.7 Å². The van der Waals surface area contributed by atoms with E-state index in [1.54, 1.807) is 16.9 Å². The first-order valence-corrected chi connectivity index (χ1v) is 6.22. The summed E-state index contributed by atoms with van der Waals surface area (Å²) in [4.78, 5) is 0. The molecule has 0 saturated heterocycles. The van der Waals surface area contributed by atoms with E-state index < -0.39 is 0 Å². The smallest absolute Gasteiger partial charge is 0.149 e. The van der Waals surface area contributed by atoms with Gasteiger partial charge < -0.3 is 5.73 Å². The topological polar surface area (TPSA) is 43.8 Å². The van der Waals surface area contributed by atoms with E-state index in [0.29, 0.717) is 18.7 Å². The van der Waals surface area contributed by atoms with Gasteiger partial charge in [0.2, 0.25) is 0 Å². The molecule has 3 rings (SSSR count). The van der Waals surface area contributed by atoms with Gasteiger partial charge in [-0.2, -0.15) is 5.10 Å². The van der Waals surface area contributed by atoms with Crippen LogP contribution >= 0.6 is 0 Å². The SMILES string of the molecule is NCCc1cccc(F)c1-n1ncc2ccccc21. The predicted octanol–water partition coefficient (Wildman–Crippen LogP) is 2.67. The maximum absolute atomic E-state index is 14.2. The van der Waals surface area contributed by atoms with Crippen LogP contribution in [0.25, 0.3) is 16.6 Å². The number of fused-ring (bicyclic) bond motifs is 1. The summed E-state index contributed by atoms with van der Waals surface area (Å²) < 4.78 is 15.8. The van der Waals surface area contributed by atoms with Gasteiger partial charge in [-0.05, 0) is 30.7 Å². The van der Waals surface area contributed by atoms with Gasteiger partial charge in [0.15, 0.2) is 0 Å². The molecule has 96 valence electrons. The van der Waals surface area contributed by atoms with E-state index in [-0.39, 0.29) is 5.82 Å². The predicted molar refractivity (Wildman–Crippen MR) is 73.8 cm³/mol. The van der Waals surface area contributed by atoms with Crippen LogP contribution < -0.4 is 5.73 Å². The van der Waals surface area contributed by atoms with Gasteiger partial charge in [-0.25, -0.2) is 9.07 Å². The van der Waals surface area contributed by atoms with Gasteiger partial charge in [0.05, 0.1) is 11.7 Å². The van der Waals surface area contributed by atoms with E-state index in [0.717, 1.165) is 16.5 Å². The zero-order valence-corrected chi connectivity index (χ0v) is 10.4. The molecule has 0 atom stereocenters. The second-order valence-corrected chi connectivity index (χ2v) is 4.40. The number of nitrogens with zero attached hydrogens (tertiary/aromatic N) is 2. The van der Waals surface area contributed by atoms with Crippen LogP contribution in [-0.4, -0.2) is 16.3 Å². The average molecular weight is 255 g/mol. The first kappa shape index (κ1) is 11.9. The van der Waals surface area contributed by atoms with E-state index in [4.69, 9.17) is 5.73 Å². The van der Waals surface area contributed by atoms with Crippen LogP contribution in [0.1, 0.15) is 5.56 Å². The van der Waals surface area contributed by atoms with Crippen molar-refractivity contribution in [3.8, 4) is 5.69 Å². The van der Waals surface area contributed by atoms with Crippen molar-refractivity contribution in [3.05, 3.63) is 60.0 Å². The molecular formula is C15H14FN3. The molecule has 0 amide bonds. The van der Waals surface area contributed by atoms with Crippen molar-refractivity contribution in [2.75, 3.05) is 6.54 Å². The van der Waals surface area contributed by atoms with Crippen molar-refractivity contribution in [2.24, 2.45) is 5.73 Å². The van der Waals surface area contributed by atoms with Crippen LogP contribution in [-0.2, 0) is 6.42 Å². The third-order valence-electron chi connectivity index (χ3n) is 3.17. The van der Waals surface area contributed by atoms with Gasteiger partial charge in [-0.3, -0.25) is 0 Å². The van der Waals surface area contributed by atoms with Gasteiger partial charge in [0, 0.05) is 5.39 Å². The highest BCUT2D eigenvalue weighted by atomic mass is 19.1. The molecule has 0 spiro atoms. The summed E-state index contributed by atoms with van der Waals surface area (Å²) in [5, 5.41) is 5.30. The molecule has 2 N–H and O–H groups in total. The van der Waals surface area contributed by atoms with Gasteiger partial charge in [-0.1, -0.05) is 30.3 Å². The fourth-order valence-electron chi connectivity index (χ4n) is 2.30. The van der Waals surface area contributed by atoms with Gasteiger partial charge in [-0.15, -0.1) is 0 Å². The quantitative estimate of drug-likeness (QED) is 0.782. The minimum atomic E-state index is -0.278. The third-order valence-corrected chi connectivity index (χ3v) is 3.17. The van der Waals surface area contributed by atoms with Crippen molar-refractivity contribution in [3.63, 3.8) is 0 Å². The van der Waals surface area contributed by atoms with Gasteiger partial charge in [0.1, 0.15) is 11.5 Å². The maximum atomic E-state index is 14.2. The Morgan fingerprint density at radius 1 is 1.11 bits per heavy atom. The molecule has 0 unspecified atom stereocenters. The minimum Gasteiger partial charge on any atom is -0.330 e. The summed E-state index contributed by atoms with van der Waals surface area (Å²) in [5.41, 5.74) is 7.85. The molecule has 0 aliphatic rings. The van der Waals surface area contributed by atoms with Crippen LogP contribution in [0, 0.1) is 5.82 Å². The number of nitrogens with two attached hydrogens (primary N) is 1. The summed E-state index contributed by atoms with van der Waals surface area (Å²) >= 11 is 0. The molecule has 1 aromatic heterocycles. The molecule has 0 bridgehead atoms. The Labute approximate surface area is 110 Å². The number of hydrogen-bond acceptors (Lipinski definition) is 2. The molecule has 0 aliphatic heterocycles. The number of para-hydroxylation sites is 2. The maximum Gasteiger partial charge on any atom is 0.149 e. The molecule has 0 saturated carbocycles. The van der Waals surface area contributed by atoms with Gasteiger partial charge >= 0.3 is 0 Å². The molecule has 19 heavy (non-hydrogen) atoms. The van der Waals surface area contributed by atoms with Crippen molar-refractivity contribution in [1.29, 1.82) is 0 Å². The summed E-state index contributed by atoms with van der Waals surface area (Å²) in [5.74, 6) is -0.278. The molecule has 0 radical (unpaired) electrons. The molecule has 2 aromatic carbocycles. The van der Waals surface area contributed by atoms with Crippen molar-refractivity contribution >= 4 is 10.9 Å². The van der Waals surface area contributed by atoms with Gasteiger partial charge in [0.25, 0.3) is 0 Å². The van der Waals surface area contributed by atoms with Crippen molar-refractivity contribution < 1.29 is 4.39 Å². The summed E-state index contributed by atoms with van der Waals surface area (Å²) in [7, 11) is 0. The van der Waals surface area contributed by atoms with E-state index in [9.17, 15) is 4.39 Å². The number of aromatic nitrogens is 2.